The molecule has 0 unspecified atom stereocenters. The van der Waals surface area contributed by atoms with E-state index >= 15 is 0 Å². The minimum absolute atomic E-state index is 0.411. The van der Waals surface area contributed by atoms with Crippen molar-refractivity contribution in [2.24, 2.45) is 5.10 Å². The first kappa shape index (κ1) is 17.8. The van der Waals surface area contributed by atoms with E-state index in [1.807, 2.05) is 78.9 Å². The molecule has 0 fully saturated rings. The fourth-order valence-electron chi connectivity index (χ4n) is 3.48. The van der Waals surface area contributed by atoms with Gasteiger partial charge in [-0.2, -0.15) is 5.10 Å². The number of hydrogen-bond acceptors (Lipinski definition) is 3. The number of nitrogens with one attached hydrogen (secondary N) is 1. The van der Waals surface area contributed by atoms with Crippen molar-refractivity contribution in [2.45, 2.75) is 13.0 Å². The van der Waals surface area contributed by atoms with Crippen LogP contribution in [-0.2, 0) is 13.0 Å². The Balaban J connectivity index is 1.67. The lowest BCUT2D eigenvalue weighted by molar-refractivity contribution is 0.140. The number of nitrogens with zero attached hydrogens (tertiary/aromatic N) is 2. The summed E-state index contributed by atoms with van der Waals surface area (Å²) in [7, 11) is 0. The highest BCUT2D eigenvalue weighted by Gasteiger charge is 2.21. The van der Waals surface area contributed by atoms with E-state index in [0.29, 0.717) is 19.5 Å². The molecule has 3 aromatic carbocycles. The molecule has 0 spiro atoms. The molecule has 1 aliphatic rings. The van der Waals surface area contributed by atoms with E-state index < -0.39 is 6.09 Å². The predicted molar refractivity (Wildman–Crippen MR) is 111 cm³/mol. The predicted octanol–water partition coefficient (Wildman–Crippen LogP) is 4.59. The zero-order valence-electron chi connectivity index (χ0n) is 15.4. The monoisotopic (exact) mass is 371 g/mol. The van der Waals surface area contributed by atoms with Gasteiger partial charge in [-0.15, -0.1) is 0 Å². The summed E-state index contributed by atoms with van der Waals surface area (Å²) in [6.07, 6.45) is -0.204. The van der Waals surface area contributed by atoms with E-state index in [-0.39, 0.29) is 0 Å². The lowest BCUT2D eigenvalue weighted by Crippen LogP contribution is -2.35. The average Bonchev–Trinajstić information content (AvgIpc) is 2.75. The van der Waals surface area contributed by atoms with Gasteiger partial charge in [-0.25, -0.2) is 4.79 Å². The molecule has 0 aliphatic carbocycles. The van der Waals surface area contributed by atoms with E-state index in [4.69, 9.17) is 5.10 Å². The molecular weight excluding hydrogens is 350 g/mol. The number of hydrogen-bond donors (Lipinski definition) is 2. The number of carbonyl (C=O) groups is 1. The van der Waals surface area contributed by atoms with Gasteiger partial charge in [0.1, 0.15) is 0 Å². The Hall–Kier alpha value is -3.60. The van der Waals surface area contributed by atoms with Gasteiger partial charge in [0.05, 0.1) is 11.4 Å². The molecule has 0 atom stereocenters. The molecule has 1 heterocycles. The second-order valence-electron chi connectivity index (χ2n) is 6.70. The molecule has 5 nitrogen and oxygen atoms in total. The summed E-state index contributed by atoms with van der Waals surface area (Å²) < 4.78 is 0. The Kier molecular flexibility index (Phi) is 5.06. The van der Waals surface area contributed by atoms with Gasteiger partial charge in [-0.1, -0.05) is 72.8 Å². The van der Waals surface area contributed by atoms with Crippen LogP contribution < -0.4 is 5.43 Å². The third-order valence-electron chi connectivity index (χ3n) is 4.92. The lowest BCUT2D eigenvalue weighted by Gasteiger charge is -2.27. The maximum atomic E-state index is 11.3. The molecule has 4 rings (SSSR count). The summed E-state index contributed by atoms with van der Waals surface area (Å²) in [4.78, 5) is 12.7. The Morgan fingerprint density at radius 1 is 0.893 bits per heavy atom. The maximum Gasteiger partial charge on any atom is 0.407 e. The number of benzene rings is 3. The third-order valence-corrected chi connectivity index (χ3v) is 4.92. The molecule has 0 bridgehead atoms. The van der Waals surface area contributed by atoms with Crippen molar-refractivity contribution in [3.05, 3.63) is 101 Å². The first-order valence-corrected chi connectivity index (χ1v) is 9.25. The second kappa shape index (κ2) is 7.96. The molecule has 0 radical (unpaired) electrons. The molecular formula is C23H21N3O2. The minimum Gasteiger partial charge on any atom is -0.465 e. The van der Waals surface area contributed by atoms with Crippen LogP contribution in [0.5, 0.6) is 0 Å². The van der Waals surface area contributed by atoms with Gasteiger partial charge in [0.15, 0.2) is 0 Å². The SMILES string of the molecule is O=C(O)N1CCc2c(cccc2NN=C(c2ccccc2)c2ccccc2)C1. The third kappa shape index (κ3) is 3.74. The molecule has 0 aromatic heterocycles. The molecule has 2 N–H and O–H groups in total. The summed E-state index contributed by atoms with van der Waals surface area (Å²) in [6, 6.07) is 26.0. The van der Waals surface area contributed by atoms with Gasteiger partial charge in [-0.05, 0) is 23.6 Å². The van der Waals surface area contributed by atoms with Gasteiger partial charge in [0, 0.05) is 24.2 Å². The van der Waals surface area contributed by atoms with Gasteiger partial charge < -0.3 is 10.0 Å². The summed E-state index contributed by atoms with van der Waals surface area (Å²) in [5, 5.41) is 14.0. The number of amides is 1. The Bertz CT molecular complexity index is 959. The van der Waals surface area contributed by atoms with Crippen LogP contribution in [0.2, 0.25) is 0 Å². The van der Waals surface area contributed by atoms with Gasteiger partial charge in [0.2, 0.25) is 0 Å². The van der Waals surface area contributed by atoms with E-state index in [9.17, 15) is 9.90 Å². The lowest BCUT2D eigenvalue weighted by atomic mass is 9.98. The second-order valence-corrected chi connectivity index (χ2v) is 6.70. The molecule has 1 aliphatic heterocycles. The number of carboxylic acid groups (broad SMARTS) is 1. The number of hydrazone groups is 1. The van der Waals surface area contributed by atoms with Crippen LogP contribution in [0.15, 0.2) is 84.0 Å². The fraction of sp³-hybridized carbons (Fsp3) is 0.130. The van der Waals surface area contributed by atoms with Crippen LogP contribution in [0.3, 0.4) is 0 Å². The van der Waals surface area contributed by atoms with Crippen molar-refractivity contribution >= 4 is 17.5 Å². The maximum absolute atomic E-state index is 11.3. The van der Waals surface area contributed by atoms with Crippen molar-refractivity contribution in [2.75, 3.05) is 12.0 Å². The van der Waals surface area contributed by atoms with Crippen LogP contribution in [0, 0.1) is 0 Å². The number of anilines is 1. The standard InChI is InChI=1S/C23H21N3O2/c27-23(28)26-15-14-20-19(16-26)12-7-13-21(20)24-25-22(17-8-3-1-4-9-17)18-10-5-2-6-11-18/h1-13,24H,14-16H2,(H,27,28). The van der Waals surface area contributed by atoms with Crippen LogP contribution >= 0.6 is 0 Å². The van der Waals surface area contributed by atoms with E-state index in [0.717, 1.165) is 33.7 Å². The fourth-order valence-corrected chi connectivity index (χ4v) is 3.48. The zero-order valence-corrected chi connectivity index (χ0v) is 15.4. The van der Waals surface area contributed by atoms with E-state index in [2.05, 4.69) is 5.43 Å². The Morgan fingerprint density at radius 2 is 1.54 bits per heavy atom. The van der Waals surface area contributed by atoms with Crippen molar-refractivity contribution in [1.29, 1.82) is 0 Å². The molecule has 140 valence electrons. The van der Waals surface area contributed by atoms with Crippen molar-refractivity contribution in [1.82, 2.24) is 4.90 Å². The van der Waals surface area contributed by atoms with Crippen LogP contribution in [0.4, 0.5) is 10.5 Å². The molecule has 28 heavy (non-hydrogen) atoms. The topological polar surface area (TPSA) is 64.9 Å². The normalized spacial score (nSPS) is 12.8. The first-order chi connectivity index (χ1) is 13.7. The van der Waals surface area contributed by atoms with E-state index in [1.165, 1.54) is 4.90 Å². The Labute approximate surface area is 163 Å². The summed E-state index contributed by atoms with van der Waals surface area (Å²) in [6.45, 7) is 0.906. The summed E-state index contributed by atoms with van der Waals surface area (Å²) in [5.74, 6) is 0. The molecule has 0 saturated carbocycles. The number of rotatable bonds is 4. The smallest absolute Gasteiger partial charge is 0.407 e. The van der Waals surface area contributed by atoms with E-state index in [1.54, 1.807) is 0 Å². The van der Waals surface area contributed by atoms with Crippen LogP contribution in [0.1, 0.15) is 22.3 Å². The van der Waals surface area contributed by atoms with Crippen molar-refractivity contribution in [3.8, 4) is 0 Å². The quantitative estimate of drug-likeness (QED) is 0.521. The van der Waals surface area contributed by atoms with Crippen LogP contribution in [0.25, 0.3) is 0 Å². The van der Waals surface area contributed by atoms with Crippen molar-refractivity contribution < 1.29 is 9.90 Å². The van der Waals surface area contributed by atoms with Crippen LogP contribution in [-0.4, -0.2) is 28.4 Å². The largest absolute Gasteiger partial charge is 0.465 e. The van der Waals surface area contributed by atoms with Gasteiger partial charge >= 0.3 is 6.09 Å². The number of fused-ring (bicyclic) bond motifs is 1. The molecule has 5 heteroatoms. The average molecular weight is 371 g/mol. The van der Waals surface area contributed by atoms with Gasteiger partial charge in [0.25, 0.3) is 0 Å². The summed E-state index contributed by atoms with van der Waals surface area (Å²) >= 11 is 0. The zero-order chi connectivity index (χ0) is 19.3. The minimum atomic E-state index is -0.877. The molecule has 0 saturated heterocycles. The highest BCUT2D eigenvalue weighted by atomic mass is 16.4. The van der Waals surface area contributed by atoms with Crippen molar-refractivity contribution in [3.63, 3.8) is 0 Å². The molecule has 1 amide bonds. The molecule has 3 aromatic rings. The highest BCUT2D eigenvalue weighted by Crippen LogP contribution is 2.26. The van der Waals surface area contributed by atoms with Gasteiger partial charge in [-0.3, -0.25) is 5.43 Å². The Morgan fingerprint density at radius 3 is 2.14 bits per heavy atom. The first-order valence-electron chi connectivity index (χ1n) is 9.25. The highest BCUT2D eigenvalue weighted by molar-refractivity contribution is 6.13. The summed E-state index contributed by atoms with van der Waals surface area (Å²) in [5.41, 5.74) is 9.23.